The molecule has 30 heavy (non-hydrogen) atoms. The third-order valence-electron chi connectivity index (χ3n) is 4.54. The second-order valence-electron chi connectivity index (χ2n) is 7.03. The third-order valence-corrected chi connectivity index (χ3v) is 4.87. The quantitative estimate of drug-likeness (QED) is 0.571. The first kappa shape index (κ1) is 21.5. The van der Waals surface area contributed by atoms with Crippen molar-refractivity contribution in [3.8, 4) is 28.5 Å². The van der Waals surface area contributed by atoms with Crippen LogP contribution in [0.4, 0.5) is 0 Å². The number of carbonyl (C=O) groups excluding carboxylic acids is 1. The minimum Gasteiger partial charge on any atom is -0.478 e. The monoisotopic (exact) mass is 426 g/mol. The summed E-state index contributed by atoms with van der Waals surface area (Å²) in [5.41, 5.74) is 7.64. The number of aromatic nitrogens is 3. The van der Waals surface area contributed by atoms with Gasteiger partial charge in [-0.15, -0.1) is 0 Å². The van der Waals surface area contributed by atoms with Gasteiger partial charge >= 0.3 is 0 Å². The Bertz CT molecular complexity index is 1100. The Balaban J connectivity index is 1.95. The Morgan fingerprint density at radius 3 is 2.73 bits per heavy atom. The number of nitrogens with zero attached hydrogens (tertiary/aromatic N) is 2. The highest BCUT2D eigenvalue weighted by Crippen LogP contribution is 2.28. The fourth-order valence-electron chi connectivity index (χ4n) is 2.89. The normalized spacial score (nSPS) is 11.8. The average molecular weight is 427 g/mol. The Hall–Kier alpha value is -3.19. The Labute approximate surface area is 179 Å². The van der Waals surface area contributed by atoms with E-state index in [1.165, 1.54) is 6.07 Å². The summed E-state index contributed by atoms with van der Waals surface area (Å²) < 4.78 is 5.49. The van der Waals surface area contributed by atoms with E-state index in [1.807, 2.05) is 19.1 Å². The van der Waals surface area contributed by atoms with Gasteiger partial charge in [0.1, 0.15) is 5.82 Å². The van der Waals surface area contributed by atoms with Crippen molar-refractivity contribution in [3.05, 3.63) is 63.5 Å². The number of halogens is 1. The molecule has 1 amide bonds. The fraction of sp³-hybridized carbons (Fsp3) is 0.273. The second-order valence-corrected chi connectivity index (χ2v) is 7.44. The maximum Gasteiger partial charge on any atom is 0.251 e. The molecule has 2 aromatic heterocycles. The van der Waals surface area contributed by atoms with E-state index in [1.54, 1.807) is 31.3 Å². The number of primary amides is 1. The molecule has 156 valence electrons. The van der Waals surface area contributed by atoms with E-state index in [0.717, 1.165) is 12.0 Å². The van der Waals surface area contributed by atoms with E-state index in [-0.39, 0.29) is 17.4 Å². The first-order valence-electron chi connectivity index (χ1n) is 9.66. The lowest BCUT2D eigenvalue weighted by atomic mass is 9.99. The molecule has 7 nitrogen and oxygen atoms in total. The molecule has 0 spiro atoms. The van der Waals surface area contributed by atoms with Crippen molar-refractivity contribution in [2.45, 2.75) is 26.7 Å². The number of carbonyl (C=O) groups is 1. The van der Waals surface area contributed by atoms with Gasteiger partial charge in [-0.2, -0.15) is 0 Å². The van der Waals surface area contributed by atoms with Gasteiger partial charge in [-0.1, -0.05) is 31.5 Å². The summed E-state index contributed by atoms with van der Waals surface area (Å²) >= 11 is 6.37. The highest BCUT2D eigenvalue weighted by Gasteiger charge is 2.14. The molecular formula is C22H23ClN4O3. The SMILES string of the molecule is CCCOc1ccc(-c2cc(=O)[nH]c(-c3cc(CC(C)C(N)=O)ccc3Cl)n2)cn1. The number of hydrogen-bond donors (Lipinski definition) is 2. The average Bonchev–Trinajstić information content (AvgIpc) is 2.73. The third kappa shape index (κ3) is 5.24. The molecule has 1 atom stereocenters. The molecule has 0 saturated heterocycles. The van der Waals surface area contributed by atoms with Crippen molar-refractivity contribution < 1.29 is 9.53 Å². The number of amides is 1. The fourth-order valence-corrected chi connectivity index (χ4v) is 3.10. The predicted molar refractivity (Wildman–Crippen MR) is 116 cm³/mol. The Morgan fingerprint density at radius 2 is 2.07 bits per heavy atom. The van der Waals surface area contributed by atoms with Crippen LogP contribution in [-0.2, 0) is 11.2 Å². The van der Waals surface area contributed by atoms with Crippen LogP contribution in [0.3, 0.4) is 0 Å². The van der Waals surface area contributed by atoms with E-state index in [4.69, 9.17) is 22.1 Å². The molecule has 0 fully saturated rings. The Kier molecular flexibility index (Phi) is 6.84. The topological polar surface area (TPSA) is 111 Å². The highest BCUT2D eigenvalue weighted by molar-refractivity contribution is 6.33. The number of benzene rings is 1. The Morgan fingerprint density at radius 1 is 1.27 bits per heavy atom. The molecule has 1 unspecified atom stereocenters. The van der Waals surface area contributed by atoms with Crippen molar-refractivity contribution in [3.63, 3.8) is 0 Å². The highest BCUT2D eigenvalue weighted by atomic mass is 35.5. The van der Waals surface area contributed by atoms with Crippen LogP contribution >= 0.6 is 11.6 Å². The van der Waals surface area contributed by atoms with Gasteiger partial charge in [-0.3, -0.25) is 9.59 Å². The summed E-state index contributed by atoms with van der Waals surface area (Å²) in [6.07, 6.45) is 2.97. The lowest BCUT2D eigenvalue weighted by molar-refractivity contribution is -0.121. The summed E-state index contributed by atoms with van der Waals surface area (Å²) in [6.45, 7) is 4.37. The largest absolute Gasteiger partial charge is 0.478 e. The number of aromatic amines is 1. The van der Waals surface area contributed by atoms with Gasteiger partial charge in [0.2, 0.25) is 11.8 Å². The molecule has 2 heterocycles. The van der Waals surface area contributed by atoms with E-state index in [2.05, 4.69) is 15.0 Å². The van der Waals surface area contributed by atoms with Crippen molar-refractivity contribution in [2.75, 3.05) is 6.61 Å². The van der Waals surface area contributed by atoms with Crippen LogP contribution in [0, 0.1) is 5.92 Å². The first-order chi connectivity index (χ1) is 14.4. The number of ether oxygens (including phenoxy) is 1. The number of nitrogens with one attached hydrogen (secondary N) is 1. The summed E-state index contributed by atoms with van der Waals surface area (Å²) in [6, 6.07) is 10.3. The van der Waals surface area contributed by atoms with E-state index in [0.29, 0.717) is 46.6 Å². The number of nitrogens with two attached hydrogens (primary N) is 1. The molecule has 0 saturated carbocycles. The zero-order valence-electron chi connectivity index (χ0n) is 16.8. The zero-order valence-corrected chi connectivity index (χ0v) is 17.6. The summed E-state index contributed by atoms with van der Waals surface area (Å²) in [5.74, 6) is 0.156. The number of rotatable bonds is 8. The zero-order chi connectivity index (χ0) is 21.7. The van der Waals surface area contributed by atoms with E-state index >= 15 is 0 Å². The molecule has 0 aliphatic carbocycles. The minimum absolute atomic E-state index is 0.312. The summed E-state index contributed by atoms with van der Waals surface area (Å²) in [7, 11) is 0. The number of pyridine rings is 1. The molecule has 0 aliphatic heterocycles. The van der Waals surface area contributed by atoms with Gasteiger partial charge in [0, 0.05) is 35.4 Å². The molecule has 0 aliphatic rings. The van der Waals surface area contributed by atoms with Crippen molar-refractivity contribution in [2.24, 2.45) is 11.7 Å². The molecule has 0 radical (unpaired) electrons. The molecule has 8 heteroatoms. The standard InChI is InChI=1S/C22H23ClN4O3/c1-3-8-30-20-7-5-15(12-25-20)18-11-19(28)27-22(26-18)16-10-14(4-6-17(16)23)9-13(2)21(24)29/h4-7,10-13H,3,8-9H2,1-2H3,(H2,24,29)(H,26,27,28). The van der Waals surface area contributed by atoms with Crippen LogP contribution in [0.5, 0.6) is 5.88 Å². The molecule has 0 bridgehead atoms. The van der Waals surface area contributed by atoms with Gasteiger partial charge in [0.05, 0.1) is 17.3 Å². The molecule has 1 aromatic carbocycles. The van der Waals surface area contributed by atoms with Crippen LogP contribution in [0.1, 0.15) is 25.8 Å². The molecule has 3 aromatic rings. The van der Waals surface area contributed by atoms with Gasteiger partial charge in [0.25, 0.3) is 5.56 Å². The molecule has 3 rings (SSSR count). The van der Waals surface area contributed by atoms with Crippen molar-refractivity contribution in [1.82, 2.24) is 15.0 Å². The number of H-pyrrole nitrogens is 1. The van der Waals surface area contributed by atoms with Crippen LogP contribution in [0.25, 0.3) is 22.6 Å². The number of hydrogen-bond acceptors (Lipinski definition) is 5. The lowest BCUT2D eigenvalue weighted by Gasteiger charge is -2.11. The van der Waals surface area contributed by atoms with Gasteiger partial charge in [0.15, 0.2) is 0 Å². The van der Waals surface area contributed by atoms with Gasteiger partial charge < -0.3 is 15.5 Å². The maximum absolute atomic E-state index is 12.3. The van der Waals surface area contributed by atoms with Crippen LogP contribution in [0.2, 0.25) is 5.02 Å². The molecular weight excluding hydrogens is 404 g/mol. The minimum atomic E-state index is -0.376. The van der Waals surface area contributed by atoms with Crippen LogP contribution in [0.15, 0.2) is 47.4 Å². The first-order valence-corrected chi connectivity index (χ1v) is 10.0. The van der Waals surface area contributed by atoms with E-state index in [9.17, 15) is 9.59 Å². The van der Waals surface area contributed by atoms with E-state index < -0.39 is 0 Å². The van der Waals surface area contributed by atoms with Crippen molar-refractivity contribution in [1.29, 1.82) is 0 Å². The summed E-state index contributed by atoms with van der Waals surface area (Å²) in [5, 5.41) is 0.437. The summed E-state index contributed by atoms with van der Waals surface area (Å²) in [4.78, 5) is 35.2. The molecule has 3 N–H and O–H groups in total. The van der Waals surface area contributed by atoms with Crippen LogP contribution in [-0.4, -0.2) is 27.5 Å². The second kappa shape index (κ2) is 9.54. The predicted octanol–water partition coefficient (Wildman–Crippen LogP) is 3.61. The van der Waals surface area contributed by atoms with Gasteiger partial charge in [-0.05, 0) is 36.6 Å². The maximum atomic E-state index is 12.3. The van der Waals surface area contributed by atoms with Crippen LogP contribution < -0.4 is 16.0 Å². The van der Waals surface area contributed by atoms with Gasteiger partial charge in [-0.25, -0.2) is 9.97 Å². The van der Waals surface area contributed by atoms with Crippen molar-refractivity contribution >= 4 is 17.5 Å². The smallest absolute Gasteiger partial charge is 0.251 e. The lowest BCUT2D eigenvalue weighted by Crippen LogP contribution is -2.22.